The topological polar surface area (TPSA) is 75.5 Å². The summed E-state index contributed by atoms with van der Waals surface area (Å²) in [6.45, 7) is 6.24. The number of likely N-dealkylation sites (tertiary alicyclic amines) is 1. The minimum Gasteiger partial charge on any atom is -0.325 e. The third-order valence-electron chi connectivity index (χ3n) is 3.80. The first-order valence-electron chi connectivity index (χ1n) is 7.23. The Hall–Kier alpha value is -1.95. The number of aryl methyl sites for hydroxylation is 1. The molecule has 1 fully saturated rings. The summed E-state index contributed by atoms with van der Waals surface area (Å²) < 4.78 is 0. The van der Waals surface area contributed by atoms with Crippen molar-refractivity contribution < 1.29 is 9.72 Å². The van der Waals surface area contributed by atoms with Gasteiger partial charge in [-0.3, -0.25) is 19.8 Å². The van der Waals surface area contributed by atoms with Crippen molar-refractivity contribution in [1.29, 1.82) is 0 Å². The van der Waals surface area contributed by atoms with E-state index in [1.54, 1.807) is 13.0 Å². The van der Waals surface area contributed by atoms with Crippen molar-refractivity contribution in [2.24, 2.45) is 5.92 Å². The number of nitro benzene ring substituents is 1. The zero-order chi connectivity index (χ0) is 15.4. The average Bonchev–Trinajstić information content (AvgIpc) is 2.40. The van der Waals surface area contributed by atoms with Gasteiger partial charge in [-0.25, -0.2) is 0 Å². The van der Waals surface area contributed by atoms with E-state index < -0.39 is 4.92 Å². The highest BCUT2D eigenvalue weighted by atomic mass is 16.6. The van der Waals surface area contributed by atoms with E-state index in [1.165, 1.54) is 18.6 Å². The van der Waals surface area contributed by atoms with Crippen LogP contribution >= 0.6 is 0 Å². The third-order valence-corrected chi connectivity index (χ3v) is 3.80. The predicted octanol–water partition coefficient (Wildman–Crippen LogP) is 2.57. The molecule has 1 aromatic carbocycles. The summed E-state index contributed by atoms with van der Waals surface area (Å²) in [5, 5.41) is 13.5. The molecule has 1 aromatic rings. The number of carbonyl (C=O) groups excluding carboxylic acids is 1. The van der Waals surface area contributed by atoms with Crippen molar-refractivity contribution in [2.75, 3.05) is 25.0 Å². The van der Waals surface area contributed by atoms with Gasteiger partial charge in [0.2, 0.25) is 5.91 Å². The van der Waals surface area contributed by atoms with E-state index in [0.717, 1.165) is 19.5 Å². The van der Waals surface area contributed by atoms with Gasteiger partial charge in [-0.1, -0.05) is 6.92 Å². The van der Waals surface area contributed by atoms with Gasteiger partial charge < -0.3 is 5.32 Å². The molecule has 0 aliphatic carbocycles. The molecule has 0 aromatic heterocycles. The molecule has 1 atom stereocenters. The van der Waals surface area contributed by atoms with Crippen molar-refractivity contribution in [3.63, 3.8) is 0 Å². The number of amides is 1. The fourth-order valence-electron chi connectivity index (χ4n) is 2.72. The van der Waals surface area contributed by atoms with Gasteiger partial charge in [-0.05, 0) is 43.9 Å². The van der Waals surface area contributed by atoms with Gasteiger partial charge in [0.25, 0.3) is 5.69 Å². The van der Waals surface area contributed by atoms with Crippen LogP contribution < -0.4 is 5.32 Å². The highest BCUT2D eigenvalue weighted by Crippen LogP contribution is 2.21. The molecule has 0 unspecified atom stereocenters. The Bertz CT molecular complexity index is 545. The Balaban J connectivity index is 1.94. The quantitative estimate of drug-likeness (QED) is 0.683. The van der Waals surface area contributed by atoms with E-state index in [9.17, 15) is 14.9 Å². The van der Waals surface area contributed by atoms with Gasteiger partial charge in [0.15, 0.2) is 0 Å². The monoisotopic (exact) mass is 291 g/mol. The number of non-ortho nitro benzene ring substituents is 1. The Morgan fingerprint density at radius 2 is 2.29 bits per heavy atom. The van der Waals surface area contributed by atoms with Gasteiger partial charge in [0.1, 0.15) is 0 Å². The second kappa shape index (κ2) is 6.67. The second-order valence-electron chi connectivity index (χ2n) is 5.79. The first-order valence-corrected chi connectivity index (χ1v) is 7.23. The molecule has 0 spiro atoms. The van der Waals surface area contributed by atoms with Crippen molar-refractivity contribution in [1.82, 2.24) is 4.90 Å². The van der Waals surface area contributed by atoms with Crippen LogP contribution in [0.2, 0.25) is 0 Å². The summed E-state index contributed by atoms with van der Waals surface area (Å²) in [5.41, 5.74) is 1.37. The van der Waals surface area contributed by atoms with Crippen LogP contribution in [0.3, 0.4) is 0 Å². The molecular formula is C15H21N3O3. The molecule has 6 nitrogen and oxygen atoms in total. The first kappa shape index (κ1) is 15.4. The molecule has 0 radical (unpaired) electrons. The molecule has 1 aliphatic heterocycles. The number of nitrogens with one attached hydrogen (secondary N) is 1. The minimum atomic E-state index is -0.437. The van der Waals surface area contributed by atoms with Gasteiger partial charge in [-0.15, -0.1) is 0 Å². The van der Waals surface area contributed by atoms with Crippen LogP contribution in [0.1, 0.15) is 25.3 Å². The minimum absolute atomic E-state index is 0.0374. The summed E-state index contributed by atoms with van der Waals surface area (Å²) in [7, 11) is 0. The van der Waals surface area contributed by atoms with E-state index in [2.05, 4.69) is 17.1 Å². The van der Waals surface area contributed by atoms with Gasteiger partial charge >= 0.3 is 0 Å². The largest absolute Gasteiger partial charge is 0.325 e. The lowest BCUT2D eigenvalue weighted by Crippen LogP contribution is -2.39. The van der Waals surface area contributed by atoms with E-state index in [4.69, 9.17) is 0 Å². The second-order valence-corrected chi connectivity index (χ2v) is 5.79. The lowest BCUT2D eigenvalue weighted by molar-refractivity contribution is -0.384. The lowest BCUT2D eigenvalue weighted by atomic mass is 10.0. The fourth-order valence-corrected chi connectivity index (χ4v) is 2.72. The molecule has 1 saturated heterocycles. The smallest absolute Gasteiger partial charge is 0.269 e. The Morgan fingerprint density at radius 1 is 1.52 bits per heavy atom. The van der Waals surface area contributed by atoms with Crippen LogP contribution in [0.4, 0.5) is 11.4 Å². The number of nitro groups is 1. The van der Waals surface area contributed by atoms with Crippen molar-refractivity contribution in [3.8, 4) is 0 Å². The normalized spacial score (nSPS) is 19.2. The zero-order valence-corrected chi connectivity index (χ0v) is 12.5. The summed E-state index contributed by atoms with van der Waals surface area (Å²) in [5.74, 6) is 0.564. The molecule has 114 valence electrons. The van der Waals surface area contributed by atoms with Gasteiger partial charge in [0.05, 0.1) is 11.5 Å². The molecule has 1 heterocycles. The number of hydrogen-bond donors (Lipinski definition) is 1. The van der Waals surface area contributed by atoms with E-state index in [1.807, 2.05) is 0 Å². The maximum atomic E-state index is 12.1. The molecule has 1 amide bonds. The van der Waals surface area contributed by atoms with Crippen LogP contribution in [0.25, 0.3) is 0 Å². The number of anilines is 1. The Labute approximate surface area is 124 Å². The van der Waals surface area contributed by atoms with Gasteiger partial charge in [0, 0.05) is 24.4 Å². The van der Waals surface area contributed by atoms with Crippen molar-refractivity contribution in [3.05, 3.63) is 33.9 Å². The summed E-state index contributed by atoms with van der Waals surface area (Å²) in [6, 6.07) is 4.47. The lowest BCUT2D eigenvalue weighted by Gasteiger charge is -2.30. The molecule has 1 aliphatic rings. The zero-order valence-electron chi connectivity index (χ0n) is 12.5. The first-order chi connectivity index (χ1) is 9.95. The molecular weight excluding hydrogens is 270 g/mol. The number of piperidine rings is 1. The van der Waals surface area contributed by atoms with Crippen LogP contribution in [-0.4, -0.2) is 35.4 Å². The van der Waals surface area contributed by atoms with Crippen molar-refractivity contribution in [2.45, 2.75) is 26.7 Å². The van der Waals surface area contributed by atoms with Crippen LogP contribution in [-0.2, 0) is 4.79 Å². The average molecular weight is 291 g/mol. The van der Waals surface area contributed by atoms with Gasteiger partial charge in [-0.2, -0.15) is 0 Å². The number of nitrogens with zero attached hydrogens (tertiary/aromatic N) is 2. The summed E-state index contributed by atoms with van der Waals surface area (Å²) in [6.07, 6.45) is 2.35. The maximum Gasteiger partial charge on any atom is 0.269 e. The number of carbonyl (C=O) groups is 1. The highest BCUT2D eigenvalue weighted by Gasteiger charge is 2.19. The maximum absolute atomic E-state index is 12.1. The van der Waals surface area contributed by atoms with E-state index in [0.29, 0.717) is 23.7 Å². The summed E-state index contributed by atoms with van der Waals surface area (Å²) >= 11 is 0. The van der Waals surface area contributed by atoms with E-state index in [-0.39, 0.29) is 11.6 Å². The van der Waals surface area contributed by atoms with Crippen LogP contribution in [0.15, 0.2) is 18.2 Å². The van der Waals surface area contributed by atoms with E-state index >= 15 is 0 Å². The van der Waals surface area contributed by atoms with Crippen LogP contribution in [0, 0.1) is 23.0 Å². The number of hydrogen-bond acceptors (Lipinski definition) is 4. The molecule has 0 bridgehead atoms. The third kappa shape index (κ3) is 4.26. The summed E-state index contributed by atoms with van der Waals surface area (Å²) in [4.78, 5) is 24.5. The fraction of sp³-hybridized carbons (Fsp3) is 0.533. The number of rotatable bonds is 4. The molecule has 21 heavy (non-hydrogen) atoms. The predicted molar refractivity (Wildman–Crippen MR) is 81.3 cm³/mol. The molecule has 1 N–H and O–H groups in total. The Morgan fingerprint density at radius 3 is 2.90 bits per heavy atom. The number of benzene rings is 1. The molecule has 6 heteroatoms. The SMILES string of the molecule is Cc1cc([N+](=O)[O-])ccc1NC(=O)CN1CCC[C@@H](C)C1. The molecule has 2 rings (SSSR count). The highest BCUT2D eigenvalue weighted by molar-refractivity contribution is 5.93. The standard InChI is InChI=1S/C15H21N3O3/c1-11-4-3-7-17(9-11)10-15(19)16-14-6-5-13(18(20)21)8-12(14)2/h5-6,8,11H,3-4,7,9-10H2,1-2H3,(H,16,19)/t11-/m1/s1. The molecule has 0 saturated carbocycles. The van der Waals surface area contributed by atoms with Crippen LogP contribution in [0.5, 0.6) is 0 Å². The Kier molecular flexibility index (Phi) is 4.90. The van der Waals surface area contributed by atoms with Crippen molar-refractivity contribution >= 4 is 17.3 Å².